The average molecular weight is 395 g/mol. The summed E-state index contributed by atoms with van der Waals surface area (Å²) in [7, 11) is 2.13. The molecule has 0 bridgehead atoms. The molecule has 1 N–H and O–H groups in total. The third kappa shape index (κ3) is 4.08. The largest absolute Gasteiger partial charge is 0.379 e. The lowest BCUT2D eigenvalue weighted by molar-refractivity contribution is 0.0326. The van der Waals surface area contributed by atoms with Gasteiger partial charge in [-0.25, -0.2) is 0 Å². The van der Waals surface area contributed by atoms with Gasteiger partial charge in [-0.05, 0) is 36.9 Å². The molecule has 154 valence electrons. The molecule has 2 aliphatic rings. The molecule has 2 saturated heterocycles. The number of nitrogens with zero attached hydrogens (tertiary/aromatic N) is 5. The molecule has 0 saturated carbocycles. The Morgan fingerprint density at radius 1 is 1.07 bits per heavy atom. The number of piperidine rings is 1. The van der Waals surface area contributed by atoms with Crippen LogP contribution in [0.2, 0.25) is 0 Å². The molecule has 2 aromatic heterocycles. The van der Waals surface area contributed by atoms with Crippen molar-refractivity contribution in [3.05, 3.63) is 47.7 Å². The van der Waals surface area contributed by atoms with E-state index in [4.69, 9.17) is 4.74 Å². The van der Waals surface area contributed by atoms with Gasteiger partial charge in [0.15, 0.2) is 0 Å². The summed E-state index contributed by atoms with van der Waals surface area (Å²) in [5.41, 5.74) is 2.51. The summed E-state index contributed by atoms with van der Waals surface area (Å²) < 4.78 is 7.68. The third-order valence-corrected chi connectivity index (χ3v) is 6.32. The fourth-order valence-electron chi connectivity index (χ4n) is 4.70. The predicted molar refractivity (Wildman–Crippen MR) is 113 cm³/mol. The number of aromatic nitrogens is 4. The summed E-state index contributed by atoms with van der Waals surface area (Å²) in [4.78, 5) is 8.52. The number of fused-ring (bicyclic) bond motifs is 1. The summed E-state index contributed by atoms with van der Waals surface area (Å²) in [6, 6.07) is 10.8. The Hall–Kier alpha value is -2.22. The van der Waals surface area contributed by atoms with E-state index in [1.165, 1.54) is 29.4 Å². The molecule has 7 nitrogen and oxygen atoms in total. The number of ether oxygens (including phenoxy) is 1. The van der Waals surface area contributed by atoms with Crippen molar-refractivity contribution in [3.8, 4) is 0 Å². The fraction of sp³-hybridized carbons (Fsp3) is 0.545. The van der Waals surface area contributed by atoms with E-state index < -0.39 is 0 Å². The Kier molecular flexibility index (Phi) is 5.35. The molecule has 4 heterocycles. The van der Waals surface area contributed by atoms with Crippen LogP contribution in [0.15, 0.2) is 30.3 Å². The van der Waals surface area contributed by atoms with Crippen molar-refractivity contribution in [2.45, 2.75) is 31.8 Å². The van der Waals surface area contributed by atoms with Crippen LogP contribution in [0.25, 0.3) is 10.9 Å². The highest BCUT2D eigenvalue weighted by Gasteiger charge is 2.26. The summed E-state index contributed by atoms with van der Waals surface area (Å²) >= 11 is 0. The van der Waals surface area contributed by atoms with Crippen LogP contribution in [0, 0.1) is 0 Å². The van der Waals surface area contributed by atoms with Crippen LogP contribution in [-0.2, 0) is 24.9 Å². The molecule has 29 heavy (non-hydrogen) atoms. The molecule has 0 aliphatic carbocycles. The molecule has 7 heteroatoms. The lowest BCUT2D eigenvalue weighted by Crippen LogP contribution is -2.36. The summed E-state index contributed by atoms with van der Waals surface area (Å²) in [5.74, 6) is 2.65. The van der Waals surface area contributed by atoms with Crippen molar-refractivity contribution in [1.82, 2.24) is 29.5 Å². The van der Waals surface area contributed by atoms with Gasteiger partial charge in [-0.1, -0.05) is 18.2 Å². The molecule has 0 spiro atoms. The van der Waals surface area contributed by atoms with Gasteiger partial charge in [0.05, 0.1) is 19.8 Å². The third-order valence-electron chi connectivity index (χ3n) is 6.32. The van der Waals surface area contributed by atoms with Crippen molar-refractivity contribution in [2.75, 3.05) is 39.4 Å². The van der Waals surface area contributed by atoms with Crippen molar-refractivity contribution in [2.24, 2.45) is 7.05 Å². The topological polar surface area (TPSA) is 62.2 Å². The van der Waals surface area contributed by atoms with Crippen LogP contribution in [0.5, 0.6) is 0 Å². The van der Waals surface area contributed by atoms with Gasteiger partial charge in [0.2, 0.25) is 0 Å². The van der Waals surface area contributed by atoms with Crippen molar-refractivity contribution in [3.63, 3.8) is 0 Å². The number of hydrogen-bond donors (Lipinski definition) is 1. The van der Waals surface area contributed by atoms with Crippen molar-refractivity contribution < 1.29 is 4.74 Å². The molecule has 1 aromatic carbocycles. The number of likely N-dealkylation sites (tertiary alicyclic amines) is 1. The molecular weight excluding hydrogens is 364 g/mol. The first-order valence-corrected chi connectivity index (χ1v) is 10.7. The molecule has 5 rings (SSSR count). The maximum atomic E-state index is 5.46. The van der Waals surface area contributed by atoms with Crippen molar-refractivity contribution >= 4 is 10.9 Å². The normalized spacial score (nSPS) is 21.8. The van der Waals surface area contributed by atoms with E-state index in [-0.39, 0.29) is 0 Å². The van der Waals surface area contributed by atoms with E-state index in [1.807, 2.05) is 0 Å². The SMILES string of the molecule is Cn1c(CN2CCOCC2)nnc1C1CCCN(Cc2cc3ccccc3[nH]2)C1. The van der Waals surface area contributed by atoms with Crippen LogP contribution >= 0.6 is 0 Å². The number of morpholine rings is 1. The highest BCUT2D eigenvalue weighted by atomic mass is 16.5. The summed E-state index contributed by atoms with van der Waals surface area (Å²) in [6.45, 7) is 7.59. The number of nitrogens with one attached hydrogen (secondary N) is 1. The van der Waals surface area contributed by atoms with E-state index >= 15 is 0 Å². The Morgan fingerprint density at radius 2 is 1.93 bits per heavy atom. The fourth-order valence-corrected chi connectivity index (χ4v) is 4.70. The first kappa shape index (κ1) is 18.8. The molecule has 0 amide bonds. The zero-order chi connectivity index (χ0) is 19.6. The van der Waals surface area contributed by atoms with E-state index in [1.54, 1.807) is 0 Å². The lowest BCUT2D eigenvalue weighted by Gasteiger charge is -2.32. The number of benzene rings is 1. The van der Waals surface area contributed by atoms with Gasteiger partial charge in [0, 0.05) is 50.4 Å². The second kappa shape index (κ2) is 8.26. The Balaban J connectivity index is 1.25. The molecule has 0 radical (unpaired) electrons. The second-order valence-electron chi connectivity index (χ2n) is 8.38. The zero-order valence-corrected chi connectivity index (χ0v) is 17.2. The first-order chi connectivity index (χ1) is 14.3. The smallest absolute Gasteiger partial charge is 0.146 e. The molecule has 1 unspecified atom stereocenters. The Bertz CT molecular complexity index is 924. The van der Waals surface area contributed by atoms with Crippen LogP contribution in [0.4, 0.5) is 0 Å². The number of H-pyrrole nitrogens is 1. The highest BCUT2D eigenvalue weighted by Crippen LogP contribution is 2.27. The number of para-hydroxylation sites is 1. The second-order valence-corrected chi connectivity index (χ2v) is 8.38. The maximum absolute atomic E-state index is 5.46. The van der Waals surface area contributed by atoms with Crippen LogP contribution in [-0.4, -0.2) is 68.9 Å². The molecule has 1 atom stereocenters. The molecule has 2 fully saturated rings. The molecule has 3 aromatic rings. The predicted octanol–water partition coefficient (Wildman–Crippen LogP) is 2.51. The highest BCUT2D eigenvalue weighted by molar-refractivity contribution is 5.80. The minimum Gasteiger partial charge on any atom is -0.379 e. The van der Waals surface area contributed by atoms with E-state index in [0.717, 1.165) is 64.1 Å². The number of aromatic amines is 1. The molecule has 2 aliphatic heterocycles. The minimum atomic E-state index is 0.448. The van der Waals surface area contributed by atoms with E-state index in [9.17, 15) is 0 Å². The van der Waals surface area contributed by atoms with Gasteiger partial charge >= 0.3 is 0 Å². The van der Waals surface area contributed by atoms with E-state index in [0.29, 0.717) is 5.92 Å². The van der Waals surface area contributed by atoms with E-state index in [2.05, 4.69) is 66.9 Å². The summed E-state index contributed by atoms with van der Waals surface area (Å²) in [5, 5.41) is 10.4. The lowest BCUT2D eigenvalue weighted by atomic mass is 9.97. The van der Waals surface area contributed by atoms with Crippen LogP contribution in [0.3, 0.4) is 0 Å². The molecular formula is C22H30N6O. The summed E-state index contributed by atoms with van der Waals surface area (Å²) in [6.07, 6.45) is 2.39. The first-order valence-electron chi connectivity index (χ1n) is 10.7. The number of hydrogen-bond acceptors (Lipinski definition) is 5. The van der Waals surface area contributed by atoms with Crippen LogP contribution in [0.1, 0.15) is 36.1 Å². The van der Waals surface area contributed by atoms with Gasteiger partial charge in [0.25, 0.3) is 0 Å². The van der Waals surface area contributed by atoms with Gasteiger partial charge in [-0.3, -0.25) is 9.80 Å². The van der Waals surface area contributed by atoms with Gasteiger partial charge < -0.3 is 14.3 Å². The van der Waals surface area contributed by atoms with Gasteiger partial charge in [0.1, 0.15) is 11.6 Å². The number of rotatable bonds is 5. The average Bonchev–Trinajstić information content (AvgIpc) is 3.32. The monoisotopic (exact) mass is 394 g/mol. The standard InChI is InChI=1S/C22H30N6O/c1-26-21(16-27-9-11-29-12-10-27)24-25-22(26)18-6-4-8-28(14-18)15-19-13-17-5-2-3-7-20(17)23-19/h2-3,5,7,13,18,23H,4,6,8-12,14-16H2,1H3. The van der Waals surface area contributed by atoms with Gasteiger partial charge in [-0.2, -0.15) is 0 Å². The minimum absolute atomic E-state index is 0.448. The Labute approximate surface area is 171 Å². The zero-order valence-electron chi connectivity index (χ0n) is 17.2. The van der Waals surface area contributed by atoms with Gasteiger partial charge in [-0.15, -0.1) is 10.2 Å². The van der Waals surface area contributed by atoms with Crippen molar-refractivity contribution in [1.29, 1.82) is 0 Å². The quantitative estimate of drug-likeness (QED) is 0.720. The van der Waals surface area contributed by atoms with Crippen LogP contribution < -0.4 is 0 Å². The Morgan fingerprint density at radius 3 is 2.79 bits per heavy atom. The maximum Gasteiger partial charge on any atom is 0.146 e.